The van der Waals surface area contributed by atoms with E-state index < -0.39 is 23.5 Å². The first-order valence-electron chi connectivity index (χ1n) is 8.85. The van der Waals surface area contributed by atoms with Crippen molar-refractivity contribution in [3.8, 4) is 0 Å². The molecule has 1 aliphatic heterocycles. The second-order valence-corrected chi connectivity index (χ2v) is 7.48. The average molecular weight is 452 g/mol. The number of hydrogen-bond donors (Lipinski definition) is 1. The van der Waals surface area contributed by atoms with Gasteiger partial charge in [-0.2, -0.15) is 0 Å². The SMILES string of the molecule is O=C1C(=O)N(c2ccc(Br)cc2)[C@@H](c2ccc(F)cc2)C1=C(O)c1ccccc1. The van der Waals surface area contributed by atoms with Crippen LogP contribution in [0.5, 0.6) is 0 Å². The quantitative estimate of drug-likeness (QED) is 0.337. The minimum absolute atomic E-state index is 0.0317. The number of halogens is 2. The molecule has 1 aliphatic rings. The standard InChI is InChI=1S/C23H15BrFNO3/c24-16-8-12-18(13-9-16)26-20(14-6-10-17(25)11-7-14)19(22(28)23(26)29)21(27)15-4-2-1-3-5-15/h1-13,20,27H/t20-/m0/s1. The fourth-order valence-electron chi connectivity index (χ4n) is 3.41. The molecule has 29 heavy (non-hydrogen) atoms. The molecule has 1 N–H and O–H groups in total. The van der Waals surface area contributed by atoms with Crippen LogP contribution in [0, 0.1) is 5.82 Å². The number of ketones is 1. The third-order valence-corrected chi connectivity index (χ3v) is 5.31. The Morgan fingerprint density at radius 2 is 1.52 bits per heavy atom. The summed E-state index contributed by atoms with van der Waals surface area (Å²) in [7, 11) is 0. The van der Waals surface area contributed by atoms with E-state index in [0.29, 0.717) is 16.8 Å². The number of carbonyl (C=O) groups is 2. The third kappa shape index (κ3) is 3.47. The molecule has 1 saturated heterocycles. The first-order chi connectivity index (χ1) is 14.0. The van der Waals surface area contributed by atoms with Crippen LogP contribution < -0.4 is 4.90 Å². The van der Waals surface area contributed by atoms with E-state index in [0.717, 1.165) is 4.47 Å². The van der Waals surface area contributed by atoms with Crippen molar-refractivity contribution in [3.05, 3.63) is 106 Å². The van der Waals surface area contributed by atoms with E-state index in [2.05, 4.69) is 15.9 Å². The maximum absolute atomic E-state index is 13.5. The number of aliphatic hydroxyl groups is 1. The van der Waals surface area contributed by atoms with Crippen molar-refractivity contribution in [2.24, 2.45) is 0 Å². The van der Waals surface area contributed by atoms with Crippen molar-refractivity contribution in [1.29, 1.82) is 0 Å². The van der Waals surface area contributed by atoms with Crippen LogP contribution in [0.25, 0.3) is 5.76 Å². The molecule has 0 bridgehead atoms. The monoisotopic (exact) mass is 451 g/mol. The van der Waals surface area contributed by atoms with Gasteiger partial charge in [-0.15, -0.1) is 0 Å². The number of carbonyl (C=O) groups excluding carboxylic acids is 2. The molecule has 1 fully saturated rings. The molecular formula is C23H15BrFNO3. The van der Waals surface area contributed by atoms with E-state index in [1.54, 1.807) is 54.6 Å². The van der Waals surface area contributed by atoms with Crippen molar-refractivity contribution in [2.75, 3.05) is 4.90 Å². The van der Waals surface area contributed by atoms with Crippen molar-refractivity contribution in [3.63, 3.8) is 0 Å². The molecule has 1 heterocycles. The van der Waals surface area contributed by atoms with Gasteiger partial charge in [0.05, 0.1) is 11.6 Å². The van der Waals surface area contributed by atoms with Crippen molar-refractivity contribution in [1.82, 2.24) is 0 Å². The molecule has 0 unspecified atom stereocenters. The van der Waals surface area contributed by atoms with Gasteiger partial charge >= 0.3 is 0 Å². The molecule has 1 atom stereocenters. The molecule has 4 rings (SSSR count). The van der Waals surface area contributed by atoms with Gasteiger partial charge in [0.25, 0.3) is 11.7 Å². The Morgan fingerprint density at radius 3 is 2.14 bits per heavy atom. The molecule has 0 radical (unpaired) electrons. The van der Waals surface area contributed by atoms with E-state index in [1.165, 1.54) is 29.2 Å². The Bertz CT molecular complexity index is 1110. The van der Waals surface area contributed by atoms with Crippen LogP contribution >= 0.6 is 15.9 Å². The van der Waals surface area contributed by atoms with Crippen LogP contribution in [0.2, 0.25) is 0 Å². The second-order valence-electron chi connectivity index (χ2n) is 6.56. The lowest BCUT2D eigenvalue weighted by Gasteiger charge is -2.25. The van der Waals surface area contributed by atoms with Crippen LogP contribution in [-0.2, 0) is 9.59 Å². The Hall–Kier alpha value is -3.25. The highest BCUT2D eigenvalue weighted by molar-refractivity contribution is 9.10. The minimum atomic E-state index is -0.878. The van der Waals surface area contributed by atoms with Gasteiger partial charge in [0.2, 0.25) is 0 Å². The van der Waals surface area contributed by atoms with Crippen LogP contribution in [0.3, 0.4) is 0 Å². The van der Waals surface area contributed by atoms with Gasteiger partial charge in [0.1, 0.15) is 11.6 Å². The van der Waals surface area contributed by atoms with Gasteiger partial charge in [-0.1, -0.05) is 58.4 Å². The highest BCUT2D eigenvalue weighted by Gasteiger charge is 2.46. The summed E-state index contributed by atoms with van der Waals surface area (Å²) in [6, 6.07) is 20.1. The van der Waals surface area contributed by atoms with E-state index in [4.69, 9.17) is 0 Å². The van der Waals surface area contributed by atoms with Gasteiger partial charge in [-0.25, -0.2) is 4.39 Å². The summed E-state index contributed by atoms with van der Waals surface area (Å²) in [5.74, 6) is -2.24. The molecule has 0 spiro atoms. The molecule has 0 aliphatic carbocycles. The molecular weight excluding hydrogens is 437 g/mol. The van der Waals surface area contributed by atoms with Gasteiger partial charge in [0, 0.05) is 15.7 Å². The van der Waals surface area contributed by atoms with Crippen molar-refractivity contribution < 1.29 is 19.1 Å². The summed E-state index contributed by atoms with van der Waals surface area (Å²) in [5, 5.41) is 10.9. The molecule has 0 aromatic heterocycles. The largest absolute Gasteiger partial charge is 0.507 e. The number of benzene rings is 3. The predicted octanol–water partition coefficient (Wildman–Crippen LogP) is 5.21. The Morgan fingerprint density at radius 1 is 0.897 bits per heavy atom. The van der Waals surface area contributed by atoms with Crippen LogP contribution in [-0.4, -0.2) is 16.8 Å². The highest BCUT2D eigenvalue weighted by atomic mass is 79.9. The zero-order valence-electron chi connectivity index (χ0n) is 15.0. The minimum Gasteiger partial charge on any atom is -0.507 e. The molecule has 4 nitrogen and oxygen atoms in total. The molecule has 1 amide bonds. The lowest BCUT2D eigenvalue weighted by molar-refractivity contribution is -0.132. The normalized spacial score (nSPS) is 18.3. The van der Waals surface area contributed by atoms with E-state index in [9.17, 15) is 19.1 Å². The number of amides is 1. The topological polar surface area (TPSA) is 57.6 Å². The van der Waals surface area contributed by atoms with Crippen molar-refractivity contribution in [2.45, 2.75) is 6.04 Å². The van der Waals surface area contributed by atoms with Gasteiger partial charge in [-0.3, -0.25) is 14.5 Å². The highest BCUT2D eigenvalue weighted by Crippen LogP contribution is 2.42. The summed E-state index contributed by atoms with van der Waals surface area (Å²) in [6.07, 6.45) is 0. The predicted molar refractivity (Wildman–Crippen MR) is 112 cm³/mol. The van der Waals surface area contributed by atoms with Crippen LogP contribution in [0.15, 0.2) is 88.9 Å². The lowest BCUT2D eigenvalue weighted by atomic mass is 9.95. The molecule has 6 heteroatoms. The lowest BCUT2D eigenvalue weighted by Crippen LogP contribution is -2.29. The van der Waals surface area contributed by atoms with Gasteiger partial charge < -0.3 is 5.11 Å². The second kappa shape index (κ2) is 7.64. The third-order valence-electron chi connectivity index (χ3n) is 4.78. The molecule has 144 valence electrons. The summed E-state index contributed by atoms with van der Waals surface area (Å²) >= 11 is 3.35. The first kappa shape index (κ1) is 19.1. The molecule has 3 aromatic rings. The zero-order valence-corrected chi connectivity index (χ0v) is 16.6. The average Bonchev–Trinajstić information content (AvgIpc) is 3.00. The smallest absolute Gasteiger partial charge is 0.300 e. The first-order valence-corrected chi connectivity index (χ1v) is 9.64. The summed E-state index contributed by atoms with van der Waals surface area (Å²) in [5.41, 5.74) is 1.41. The van der Waals surface area contributed by atoms with Crippen molar-refractivity contribution >= 4 is 39.1 Å². The number of anilines is 1. The summed E-state index contributed by atoms with van der Waals surface area (Å²) in [6.45, 7) is 0. The zero-order chi connectivity index (χ0) is 20.5. The van der Waals surface area contributed by atoms with E-state index in [1.807, 2.05) is 0 Å². The Kier molecular flexibility index (Phi) is 5.03. The maximum atomic E-state index is 13.5. The number of Topliss-reactive ketones (excluding diaryl/α,β-unsaturated/α-hetero) is 1. The van der Waals surface area contributed by atoms with Gasteiger partial charge in [0.15, 0.2) is 0 Å². The number of nitrogens with zero attached hydrogens (tertiary/aromatic N) is 1. The van der Waals surface area contributed by atoms with Crippen LogP contribution in [0.1, 0.15) is 17.2 Å². The van der Waals surface area contributed by atoms with E-state index >= 15 is 0 Å². The fraction of sp³-hybridized carbons (Fsp3) is 0.0435. The fourth-order valence-corrected chi connectivity index (χ4v) is 3.68. The van der Waals surface area contributed by atoms with E-state index in [-0.39, 0.29) is 11.3 Å². The summed E-state index contributed by atoms with van der Waals surface area (Å²) < 4.78 is 14.3. The number of aliphatic hydroxyl groups excluding tert-OH is 1. The maximum Gasteiger partial charge on any atom is 0.300 e. The Labute approximate surface area is 175 Å². The van der Waals surface area contributed by atoms with Crippen LogP contribution in [0.4, 0.5) is 10.1 Å². The molecule has 3 aromatic carbocycles. The number of rotatable bonds is 3. The molecule has 0 saturated carbocycles. The van der Waals surface area contributed by atoms with Gasteiger partial charge in [-0.05, 0) is 42.0 Å². The summed E-state index contributed by atoms with van der Waals surface area (Å²) in [4.78, 5) is 27.2. The Balaban J connectivity index is 1.94. The number of hydrogen-bond acceptors (Lipinski definition) is 3.